The van der Waals surface area contributed by atoms with Crippen molar-refractivity contribution in [2.24, 2.45) is 5.73 Å². The van der Waals surface area contributed by atoms with Crippen LogP contribution in [0.1, 0.15) is 13.3 Å². The van der Waals surface area contributed by atoms with Crippen LogP contribution < -0.4 is 5.73 Å². The van der Waals surface area contributed by atoms with E-state index < -0.39 is 6.09 Å². The van der Waals surface area contributed by atoms with Gasteiger partial charge in [0.25, 0.3) is 0 Å². The largest absolute Gasteiger partial charge is 0.465 e. The van der Waals surface area contributed by atoms with Crippen LogP contribution in [-0.2, 0) is 9.53 Å². The first-order chi connectivity index (χ1) is 5.54. The Morgan fingerprint density at radius 3 is 2.33 bits per heavy atom. The Balaban J connectivity index is 0. The normalized spacial score (nSPS) is 7.42. The average Bonchev–Trinajstić information content (AvgIpc) is 1.99. The molecule has 0 bridgehead atoms. The Morgan fingerprint density at radius 2 is 2.08 bits per heavy atom. The number of esters is 1. The van der Waals surface area contributed by atoms with Gasteiger partial charge in [-0.15, -0.1) is 0 Å². The molecule has 0 aromatic rings. The summed E-state index contributed by atoms with van der Waals surface area (Å²) in [5.74, 6) is -0.341. The summed E-state index contributed by atoms with van der Waals surface area (Å²) >= 11 is 0. The molecule has 5 heteroatoms. The van der Waals surface area contributed by atoms with Crippen molar-refractivity contribution >= 4 is 12.1 Å². The Kier molecular flexibility index (Phi) is 10.3. The maximum Gasteiger partial charge on any atom is 0.402 e. The molecule has 5 nitrogen and oxygen atoms in total. The zero-order chi connectivity index (χ0) is 9.98. The first-order valence-corrected chi connectivity index (χ1v) is 3.32. The van der Waals surface area contributed by atoms with Gasteiger partial charge in [-0.2, -0.15) is 0 Å². The molecule has 0 saturated heterocycles. The summed E-state index contributed by atoms with van der Waals surface area (Å²) in [5.41, 5.74) is 4.03. The third-order valence-electron chi connectivity index (χ3n) is 0.615. The van der Waals surface area contributed by atoms with Gasteiger partial charge in [0.1, 0.15) is 0 Å². The second-order valence-corrected chi connectivity index (χ2v) is 1.71. The van der Waals surface area contributed by atoms with E-state index in [9.17, 15) is 4.79 Å². The standard InChI is InChI=1S/C6H10O2.CH3NO2/c1-3-5-8-6(7)4-2;2-1(3)4/h4H,2-3,5H2,1H3;2H2,(H,3,4). The fourth-order valence-corrected chi connectivity index (χ4v) is 0.262. The summed E-state index contributed by atoms with van der Waals surface area (Å²) in [6, 6.07) is 0. The first-order valence-electron chi connectivity index (χ1n) is 3.32. The molecule has 0 atom stereocenters. The lowest BCUT2D eigenvalue weighted by Gasteiger charge is -1.94. The van der Waals surface area contributed by atoms with Gasteiger partial charge in [-0.05, 0) is 6.42 Å². The van der Waals surface area contributed by atoms with Crippen molar-refractivity contribution in [2.75, 3.05) is 6.61 Å². The van der Waals surface area contributed by atoms with Gasteiger partial charge in [0, 0.05) is 6.08 Å². The highest BCUT2D eigenvalue weighted by atomic mass is 16.5. The van der Waals surface area contributed by atoms with Crippen LogP contribution in [0.2, 0.25) is 0 Å². The van der Waals surface area contributed by atoms with Gasteiger partial charge in [-0.1, -0.05) is 13.5 Å². The fraction of sp³-hybridized carbons (Fsp3) is 0.429. The summed E-state index contributed by atoms with van der Waals surface area (Å²) in [5, 5.41) is 7.19. The number of hydrogen-bond acceptors (Lipinski definition) is 3. The molecule has 0 spiro atoms. The minimum Gasteiger partial charge on any atom is -0.465 e. The third kappa shape index (κ3) is 23.6. The van der Waals surface area contributed by atoms with Gasteiger partial charge < -0.3 is 15.6 Å². The van der Waals surface area contributed by atoms with E-state index in [1.807, 2.05) is 6.92 Å². The number of carboxylic acid groups (broad SMARTS) is 1. The number of rotatable bonds is 3. The SMILES string of the molecule is C=CC(=O)OCCC.NC(=O)O. The predicted molar refractivity (Wildman–Crippen MR) is 43.7 cm³/mol. The number of carbonyl (C=O) groups excluding carboxylic acids is 1. The highest BCUT2D eigenvalue weighted by Gasteiger charge is 1.89. The number of ether oxygens (including phenoxy) is 1. The molecule has 70 valence electrons. The van der Waals surface area contributed by atoms with Gasteiger partial charge in [0.05, 0.1) is 6.61 Å². The van der Waals surface area contributed by atoms with E-state index in [0.717, 1.165) is 12.5 Å². The number of primary amides is 1. The van der Waals surface area contributed by atoms with E-state index in [1.165, 1.54) is 0 Å². The molecule has 0 aliphatic rings. The van der Waals surface area contributed by atoms with Crippen molar-refractivity contribution in [3.8, 4) is 0 Å². The summed E-state index contributed by atoms with van der Waals surface area (Å²) in [6.45, 7) is 5.67. The maximum absolute atomic E-state index is 10.2. The van der Waals surface area contributed by atoms with Crippen molar-refractivity contribution in [2.45, 2.75) is 13.3 Å². The van der Waals surface area contributed by atoms with Crippen molar-refractivity contribution in [3.63, 3.8) is 0 Å². The molecule has 0 saturated carbocycles. The average molecular weight is 175 g/mol. The molecule has 0 rings (SSSR count). The molecule has 0 fully saturated rings. The van der Waals surface area contributed by atoms with Gasteiger partial charge in [-0.25, -0.2) is 9.59 Å². The molecule has 0 aromatic heterocycles. The smallest absolute Gasteiger partial charge is 0.402 e. The third-order valence-corrected chi connectivity index (χ3v) is 0.615. The topological polar surface area (TPSA) is 89.6 Å². The predicted octanol–water partition coefficient (Wildman–Crippen LogP) is 0.749. The molecule has 0 aromatic carbocycles. The number of carbonyl (C=O) groups is 2. The minimum absolute atomic E-state index is 0.341. The minimum atomic E-state index is -1.33. The summed E-state index contributed by atoms with van der Waals surface area (Å²) in [7, 11) is 0. The zero-order valence-electron chi connectivity index (χ0n) is 6.95. The maximum atomic E-state index is 10.2. The van der Waals surface area contributed by atoms with Crippen LogP contribution in [0.4, 0.5) is 4.79 Å². The molecule has 1 amide bonds. The lowest BCUT2D eigenvalue weighted by molar-refractivity contribution is -0.137. The van der Waals surface area contributed by atoms with Gasteiger partial charge in [0.2, 0.25) is 0 Å². The number of nitrogens with two attached hydrogens (primary N) is 1. The monoisotopic (exact) mass is 175 g/mol. The van der Waals surface area contributed by atoms with E-state index in [1.54, 1.807) is 0 Å². The van der Waals surface area contributed by atoms with E-state index >= 15 is 0 Å². The zero-order valence-corrected chi connectivity index (χ0v) is 6.95. The van der Waals surface area contributed by atoms with Crippen LogP contribution in [0.15, 0.2) is 12.7 Å². The summed E-state index contributed by atoms with van der Waals surface area (Å²) in [4.78, 5) is 19.0. The van der Waals surface area contributed by atoms with Crippen molar-refractivity contribution < 1.29 is 19.4 Å². The van der Waals surface area contributed by atoms with Crippen LogP contribution in [0, 0.1) is 0 Å². The van der Waals surface area contributed by atoms with E-state index in [2.05, 4.69) is 17.0 Å². The van der Waals surface area contributed by atoms with Crippen molar-refractivity contribution in [3.05, 3.63) is 12.7 Å². The molecule has 3 N–H and O–H groups in total. The summed E-state index contributed by atoms with van der Waals surface area (Å²) in [6.07, 6.45) is 0.690. The van der Waals surface area contributed by atoms with Gasteiger partial charge >= 0.3 is 12.1 Å². The lowest BCUT2D eigenvalue weighted by atomic mass is 10.5. The summed E-state index contributed by atoms with van der Waals surface area (Å²) < 4.78 is 4.58. The number of hydrogen-bond donors (Lipinski definition) is 2. The molecule has 0 aliphatic carbocycles. The second kappa shape index (κ2) is 9.48. The van der Waals surface area contributed by atoms with Crippen LogP contribution in [0.25, 0.3) is 0 Å². The Hall–Kier alpha value is -1.52. The van der Waals surface area contributed by atoms with E-state index in [0.29, 0.717) is 6.61 Å². The van der Waals surface area contributed by atoms with E-state index in [4.69, 9.17) is 9.90 Å². The van der Waals surface area contributed by atoms with Crippen molar-refractivity contribution in [1.29, 1.82) is 0 Å². The van der Waals surface area contributed by atoms with Crippen molar-refractivity contribution in [1.82, 2.24) is 0 Å². The van der Waals surface area contributed by atoms with Crippen LogP contribution in [0.3, 0.4) is 0 Å². The second-order valence-electron chi connectivity index (χ2n) is 1.71. The molecular formula is C7H13NO4. The number of amides is 1. The highest BCUT2D eigenvalue weighted by molar-refractivity contribution is 5.81. The van der Waals surface area contributed by atoms with Gasteiger partial charge in [-0.3, -0.25) is 0 Å². The first kappa shape index (κ1) is 13.1. The fourth-order valence-electron chi connectivity index (χ4n) is 0.262. The Labute approximate surface area is 70.8 Å². The van der Waals surface area contributed by atoms with Crippen LogP contribution in [-0.4, -0.2) is 23.8 Å². The highest BCUT2D eigenvalue weighted by Crippen LogP contribution is 1.81. The van der Waals surface area contributed by atoms with Crippen LogP contribution >= 0.6 is 0 Å². The molecule has 0 heterocycles. The molecule has 0 unspecified atom stereocenters. The molecule has 12 heavy (non-hydrogen) atoms. The Bertz CT molecular complexity index is 151. The Morgan fingerprint density at radius 1 is 1.67 bits per heavy atom. The van der Waals surface area contributed by atoms with Crippen LogP contribution in [0.5, 0.6) is 0 Å². The molecule has 0 radical (unpaired) electrons. The van der Waals surface area contributed by atoms with E-state index in [-0.39, 0.29) is 5.97 Å². The molecule has 0 aliphatic heterocycles. The molecular weight excluding hydrogens is 162 g/mol. The van der Waals surface area contributed by atoms with Gasteiger partial charge in [0.15, 0.2) is 0 Å². The lowest BCUT2D eigenvalue weighted by Crippen LogP contribution is -2.03. The quantitative estimate of drug-likeness (QED) is 0.489.